The molecule has 1 aromatic rings. The summed E-state index contributed by atoms with van der Waals surface area (Å²) in [6, 6.07) is 8.02. The van der Waals surface area contributed by atoms with E-state index in [4.69, 9.17) is 9.84 Å². The first-order chi connectivity index (χ1) is 6.89. The fraction of sp³-hybridized carbons (Fsp3) is 0.538. The van der Waals surface area contributed by atoms with E-state index in [0.29, 0.717) is 6.61 Å². The maximum absolute atomic E-state index is 9.12. The third kappa shape index (κ3) is 3.92. The lowest BCUT2D eigenvalue weighted by Gasteiger charge is -2.20. The van der Waals surface area contributed by atoms with Gasteiger partial charge in [-0.25, -0.2) is 0 Å². The van der Waals surface area contributed by atoms with Crippen molar-refractivity contribution in [3.63, 3.8) is 0 Å². The van der Waals surface area contributed by atoms with Gasteiger partial charge < -0.3 is 9.84 Å². The van der Waals surface area contributed by atoms with Gasteiger partial charge >= 0.3 is 0 Å². The third-order valence-electron chi connectivity index (χ3n) is 2.19. The summed E-state index contributed by atoms with van der Waals surface area (Å²) in [7, 11) is 0. The van der Waals surface area contributed by atoms with Crippen LogP contribution in [0.1, 0.15) is 33.3 Å². The number of aliphatic hydroxyl groups is 1. The van der Waals surface area contributed by atoms with Crippen LogP contribution in [0.4, 0.5) is 0 Å². The molecule has 0 fully saturated rings. The Labute approximate surface area is 91.9 Å². The lowest BCUT2D eigenvalue weighted by atomic mass is 9.87. The van der Waals surface area contributed by atoms with Gasteiger partial charge in [0.1, 0.15) is 12.4 Å². The lowest BCUT2D eigenvalue weighted by Crippen LogP contribution is -2.14. The van der Waals surface area contributed by atoms with Crippen molar-refractivity contribution in [1.82, 2.24) is 0 Å². The molecular formula is C13H20O2. The van der Waals surface area contributed by atoms with Gasteiger partial charge in [-0.2, -0.15) is 0 Å². The molecule has 84 valence electrons. The highest BCUT2D eigenvalue weighted by atomic mass is 16.5. The second kappa shape index (κ2) is 4.67. The van der Waals surface area contributed by atoms with Gasteiger partial charge in [0.05, 0.1) is 6.10 Å². The van der Waals surface area contributed by atoms with Gasteiger partial charge in [-0.05, 0) is 30.0 Å². The molecule has 1 aromatic carbocycles. The summed E-state index contributed by atoms with van der Waals surface area (Å²) in [6.07, 6.45) is -0.428. The Kier molecular flexibility index (Phi) is 3.75. The third-order valence-corrected chi connectivity index (χ3v) is 2.19. The highest BCUT2D eigenvalue weighted by Crippen LogP contribution is 2.25. The summed E-state index contributed by atoms with van der Waals surface area (Å²) in [5.41, 5.74) is 1.37. The lowest BCUT2D eigenvalue weighted by molar-refractivity contribution is 0.122. The van der Waals surface area contributed by atoms with Crippen molar-refractivity contribution >= 4 is 0 Å². The van der Waals surface area contributed by atoms with Gasteiger partial charge in [0, 0.05) is 0 Å². The SMILES string of the molecule is C[C@@H](O)COc1cccc(C(C)(C)C)c1. The maximum Gasteiger partial charge on any atom is 0.119 e. The number of hydrogen-bond acceptors (Lipinski definition) is 2. The largest absolute Gasteiger partial charge is 0.491 e. The zero-order chi connectivity index (χ0) is 11.5. The van der Waals surface area contributed by atoms with E-state index in [1.807, 2.05) is 18.2 Å². The Morgan fingerprint density at radius 2 is 2.00 bits per heavy atom. The van der Waals surface area contributed by atoms with Crippen molar-refractivity contribution < 1.29 is 9.84 Å². The number of rotatable bonds is 3. The first kappa shape index (κ1) is 12.1. The number of benzene rings is 1. The van der Waals surface area contributed by atoms with E-state index in [1.54, 1.807) is 6.92 Å². The molecule has 0 heterocycles. The maximum atomic E-state index is 9.12. The average molecular weight is 208 g/mol. The average Bonchev–Trinajstić information content (AvgIpc) is 2.14. The topological polar surface area (TPSA) is 29.5 Å². The monoisotopic (exact) mass is 208 g/mol. The molecule has 0 unspecified atom stereocenters. The van der Waals surface area contributed by atoms with Crippen molar-refractivity contribution in [3.05, 3.63) is 29.8 Å². The van der Waals surface area contributed by atoms with Crippen LogP contribution in [-0.2, 0) is 5.41 Å². The predicted octanol–water partition coefficient (Wildman–Crippen LogP) is 2.74. The van der Waals surface area contributed by atoms with Crippen molar-refractivity contribution in [2.75, 3.05) is 6.61 Å². The van der Waals surface area contributed by atoms with E-state index < -0.39 is 6.10 Å². The molecule has 2 nitrogen and oxygen atoms in total. The van der Waals surface area contributed by atoms with Crippen LogP contribution in [0.2, 0.25) is 0 Å². The molecule has 0 amide bonds. The molecule has 15 heavy (non-hydrogen) atoms. The Morgan fingerprint density at radius 3 is 2.53 bits per heavy atom. The van der Waals surface area contributed by atoms with Crippen LogP contribution in [0.15, 0.2) is 24.3 Å². The zero-order valence-corrected chi connectivity index (χ0v) is 9.95. The second-order valence-electron chi connectivity index (χ2n) is 4.94. The predicted molar refractivity (Wildman–Crippen MR) is 62.3 cm³/mol. The van der Waals surface area contributed by atoms with Gasteiger partial charge in [-0.3, -0.25) is 0 Å². The van der Waals surface area contributed by atoms with Gasteiger partial charge in [0.25, 0.3) is 0 Å². The van der Waals surface area contributed by atoms with Crippen molar-refractivity contribution in [1.29, 1.82) is 0 Å². The second-order valence-corrected chi connectivity index (χ2v) is 4.94. The Hall–Kier alpha value is -1.02. The van der Waals surface area contributed by atoms with E-state index >= 15 is 0 Å². The first-order valence-electron chi connectivity index (χ1n) is 5.31. The molecule has 0 aliphatic carbocycles. The molecule has 0 bridgehead atoms. The fourth-order valence-corrected chi connectivity index (χ4v) is 1.27. The minimum absolute atomic E-state index is 0.129. The highest BCUT2D eigenvalue weighted by molar-refractivity contribution is 5.32. The van der Waals surface area contributed by atoms with Gasteiger partial charge in [-0.1, -0.05) is 32.9 Å². The van der Waals surface area contributed by atoms with Crippen LogP contribution in [0.3, 0.4) is 0 Å². The van der Waals surface area contributed by atoms with Crippen molar-refractivity contribution in [3.8, 4) is 5.75 Å². The number of hydrogen-bond donors (Lipinski definition) is 1. The number of aliphatic hydroxyl groups excluding tert-OH is 1. The minimum atomic E-state index is -0.428. The van der Waals surface area contributed by atoms with Crippen LogP contribution >= 0.6 is 0 Å². The fourth-order valence-electron chi connectivity index (χ4n) is 1.27. The Bertz CT molecular complexity index is 311. The van der Waals surface area contributed by atoms with Crippen LogP contribution in [0.25, 0.3) is 0 Å². The van der Waals surface area contributed by atoms with Gasteiger partial charge in [-0.15, -0.1) is 0 Å². The first-order valence-corrected chi connectivity index (χ1v) is 5.31. The molecule has 0 saturated carbocycles. The quantitative estimate of drug-likeness (QED) is 0.827. The molecule has 0 aliphatic heterocycles. The molecule has 1 N–H and O–H groups in total. The van der Waals surface area contributed by atoms with Gasteiger partial charge in [0.15, 0.2) is 0 Å². The van der Waals surface area contributed by atoms with E-state index in [-0.39, 0.29) is 5.41 Å². The van der Waals surface area contributed by atoms with Crippen molar-refractivity contribution in [2.24, 2.45) is 0 Å². The van der Waals surface area contributed by atoms with E-state index in [0.717, 1.165) is 5.75 Å². The molecule has 1 atom stereocenters. The summed E-state index contributed by atoms with van der Waals surface area (Å²) < 4.78 is 5.45. The summed E-state index contributed by atoms with van der Waals surface area (Å²) in [6.45, 7) is 8.56. The molecule has 0 spiro atoms. The normalized spacial score (nSPS) is 13.7. The molecule has 0 radical (unpaired) electrons. The molecule has 2 heteroatoms. The molecule has 0 aliphatic rings. The smallest absolute Gasteiger partial charge is 0.119 e. The van der Waals surface area contributed by atoms with E-state index in [1.165, 1.54) is 5.56 Å². The van der Waals surface area contributed by atoms with E-state index in [2.05, 4.69) is 26.8 Å². The van der Waals surface area contributed by atoms with Crippen LogP contribution in [-0.4, -0.2) is 17.8 Å². The summed E-state index contributed by atoms with van der Waals surface area (Å²) in [4.78, 5) is 0. The Morgan fingerprint density at radius 1 is 1.33 bits per heavy atom. The molecule has 0 aromatic heterocycles. The van der Waals surface area contributed by atoms with Crippen LogP contribution in [0.5, 0.6) is 5.75 Å². The summed E-state index contributed by atoms with van der Waals surface area (Å²) >= 11 is 0. The van der Waals surface area contributed by atoms with Crippen molar-refractivity contribution in [2.45, 2.75) is 39.2 Å². The molecular weight excluding hydrogens is 188 g/mol. The summed E-state index contributed by atoms with van der Waals surface area (Å²) in [5, 5.41) is 9.12. The zero-order valence-electron chi connectivity index (χ0n) is 9.95. The van der Waals surface area contributed by atoms with Crippen LogP contribution in [0, 0.1) is 0 Å². The molecule has 0 saturated heterocycles. The Balaban J connectivity index is 2.75. The summed E-state index contributed by atoms with van der Waals surface area (Å²) in [5.74, 6) is 0.823. The van der Waals surface area contributed by atoms with Gasteiger partial charge in [0.2, 0.25) is 0 Å². The van der Waals surface area contributed by atoms with E-state index in [9.17, 15) is 0 Å². The standard InChI is InChI=1S/C13H20O2/c1-10(14)9-15-12-7-5-6-11(8-12)13(2,3)4/h5-8,10,14H,9H2,1-4H3/t10-/m1/s1. The highest BCUT2D eigenvalue weighted by Gasteiger charge is 2.13. The number of ether oxygens (including phenoxy) is 1. The van der Waals surface area contributed by atoms with Crippen LogP contribution < -0.4 is 4.74 Å². The minimum Gasteiger partial charge on any atom is -0.491 e. The molecule has 1 rings (SSSR count).